The SMILES string of the molecule is CC(OC(N)=O)c1nc2ccc(F)cc2c(-c2ccccn2)c1-c1ccccn1. The van der Waals surface area contributed by atoms with Crippen LogP contribution in [0.15, 0.2) is 67.0 Å². The largest absolute Gasteiger partial charge is 0.440 e. The summed E-state index contributed by atoms with van der Waals surface area (Å²) in [5, 5.41) is 0.583. The van der Waals surface area contributed by atoms with Gasteiger partial charge in [-0.3, -0.25) is 9.97 Å². The van der Waals surface area contributed by atoms with Gasteiger partial charge in [0.2, 0.25) is 0 Å². The molecule has 4 aromatic rings. The van der Waals surface area contributed by atoms with Gasteiger partial charge in [0.1, 0.15) is 11.9 Å². The average Bonchev–Trinajstić information content (AvgIpc) is 2.73. The fourth-order valence-electron chi connectivity index (χ4n) is 3.33. The molecule has 0 spiro atoms. The maximum atomic E-state index is 14.1. The van der Waals surface area contributed by atoms with Crippen LogP contribution in [-0.2, 0) is 4.74 Å². The van der Waals surface area contributed by atoms with Crippen molar-refractivity contribution < 1.29 is 13.9 Å². The van der Waals surface area contributed by atoms with Crippen LogP contribution in [0.25, 0.3) is 33.4 Å². The van der Waals surface area contributed by atoms with Gasteiger partial charge >= 0.3 is 6.09 Å². The number of halogens is 1. The Morgan fingerprint density at radius 1 is 1.00 bits per heavy atom. The zero-order chi connectivity index (χ0) is 20.4. The van der Waals surface area contributed by atoms with E-state index in [4.69, 9.17) is 10.5 Å². The normalized spacial score (nSPS) is 11.9. The maximum Gasteiger partial charge on any atom is 0.405 e. The summed E-state index contributed by atoms with van der Waals surface area (Å²) in [5.74, 6) is -0.391. The Hall–Kier alpha value is -3.87. The van der Waals surface area contributed by atoms with Gasteiger partial charge in [0.15, 0.2) is 0 Å². The molecule has 7 heteroatoms. The van der Waals surface area contributed by atoms with Gasteiger partial charge in [-0.1, -0.05) is 12.1 Å². The number of carbonyl (C=O) groups excluding carboxylic acids is 1. The first-order chi connectivity index (χ1) is 14.0. The second-order valence-corrected chi connectivity index (χ2v) is 6.42. The third kappa shape index (κ3) is 3.62. The van der Waals surface area contributed by atoms with Crippen LogP contribution >= 0.6 is 0 Å². The molecule has 0 bridgehead atoms. The minimum atomic E-state index is -0.912. The van der Waals surface area contributed by atoms with Gasteiger partial charge in [-0.15, -0.1) is 0 Å². The van der Waals surface area contributed by atoms with Crippen molar-refractivity contribution in [1.82, 2.24) is 15.0 Å². The Kier molecular flexibility index (Phi) is 4.87. The van der Waals surface area contributed by atoms with E-state index in [9.17, 15) is 9.18 Å². The molecule has 0 fully saturated rings. The minimum Gasteiger partial charge on any atom is -0.440 e. The fraction of sp³-hybridized carbons (Fsp3) is 0.0909. The van der Waals surface area contributed by atoms with E-state index < -0.39 is 18.0 Å². The third-order valence-electron chi connectivity index (χ3n) is 4.50. The summed E-state index contributed by atoms with van der Waals surface area (Å²) in [6.07, 6.45) is 1.65. The van der Waals surface area contributed by atoms with E-state index in [1.54, 1.807) is 37.5 Å². The van der Waals surface area contributed by atoms with Crippen LogP contribution in [-0.4, -0.2) is 21.0 Å². The predicted molar refractivity (Wildman–Crippen MR) is 107 cm³/mol. The van der Waals surface area contributed by atoms with Crippen molar-refractivity contribution in [2.75, 3.05) is 0 Å². The molecule has 1 unspecified atom stereocenters. The highest BCUT2D eigenvalue weighted by molar-refractivity contribution is 6.02. The van der Waals surface area contributed by atoms with Crippen molar-refractivity contribution in [3.05, 3.63) is 78.5 Å². The number of aromatic nitrogens is 3. The number of primary amides is 1. The molecule has 1 aromatic carbocycles. The first-order valence-electron chi connectivity index (χ1n) is 8.96. The average molecular weight is 388 g/mol. The molecule has 0 aliphatic carbocycles. The van der Waals surface area contributed by atoms with Gasteiger partial charge in [-0.25, -0.2) is 14.2 Å². The molecule has 0 aliphatic heterocycles. The number of ether oxygens (including phenoxy) is 1. The van der Waals surface area contributed by atoms with Crippen molar-refractivity contribution in [1.29, 1.82) is 0 Å². The molecule has 3 heterocycles. The van der Waals surface area contributed by atoms with Crippen molar-refractivity contribution in [3.63, 3.8) is 0 Å². The van der Waals surface area contributed by atoms with Gasteiger partial charge < -0.3 is 10.5 Å². The number of carbonyl (C=O) groups is 1. The number of amides is 1. The first-order valence-corrected chi connectivity index (χ1v) is 8.96. The first kappa shape index (κ1) is 18.5. The van der Waals surface area contributed by atoms with E-state index in [1.165, 1.54) is 12.1 Å². The molecule has 1 amide bonds. The molecule has 2 N–H and O–H groups in total. The highest BCUT2D eigenvalue weighted by Crippen LogP contribution is 2.40. The van der Waals surface area contributed by atoms with Crippen LogP contribution in [0.5, 0.6) is 0 Å². The standard InChI is InChI=1S/C22H17FN4O2/c1-13(29-22(24)28)21-20(18-7-3-5-11-26-18)19(17-6-2-4-10-25-17)15-12-14(23)8-9-16(15)27-21/h2-13H,1H3,(H2,24,28). The Morgan fingerprint density at radius 3 is 2.24 bits per heavy atom. The lowest BCUT2D eigenvalue weighted by Gasteiger charge is -2.20. The van der Waals surface area contributed by atoms with Crippen LogP contribution in [0.1, 0.15) is 18.7 Å². The molecule has 0 radical (unpaired) electrons. The monoisotopic (exact) mass is 388 g/mol. The summed E-state index contributed by atoms with van der Waals surface area (Å²) in [5.41, 5.74) is 8.72. The molecule has 3 aromatic heterocycles. The van der Waals surface area contributed by atoms with Crippen LogP contribution in [0.2, 0.25) is 0 Å². The molecule has 0 saturated carbocycles. The van der Waals surface area contributed by atoms with E-state index in [0.29, 0.717) is 39.1 Å². The van der Waals surface area contributed by atoms with Crippen molar-refractivity contribution in [2.45, 2.75) is 13.0 Å². The molecular weight excluding hydrogens is 371 g/mol. The van der Waals surface area contributed by atoms with Gasteiger partial charge in [0.05, 0.1) is 22.6 Å². The number of fused-ring (bicyclic) bond motifs is 1. The lowest BCUT2D eigenvalue weighted by molar-refractivity contribution is 0.115. The van der Waals surface area contributed by atoms with E-state index in [0.717, 1.165) is 0 Å². The van der Waals surface area contributed by atoms with E-state index in [2.05, 4.69) is 15.0 Å². The summed E-state index contributed by atoms with van der Waals surface area (Å²) in [6.45, 7) is 1.68. The molecule has 144 valence electrons. The number of hydrogen-bond donors (Lipinski definition) is 1. The smallest absolute Gasteiger partial charge is 0.405 e. The fourth-order valence-corrected chi connectivity index (χ4v) is 3.33. The predicted octanol–water partition coefficient (Wildman–Crippen LogP) is 4.65. The number of pyridine rings is 3. The summed E-state index contributed by atoms with van der Waals surface area (Å²) < 4.78 is 19.4. The van der Waals surface area contributed by atoms with E-state index >= 15 is 0 Å². The van der Waals surface area contributed by atoms with Crippen LogP contribution < -0.4 is 5.73 Å². The Labute approximate surface area is 166 Å². The van der Waals surface area contributed by atoms with Crippen molar-refractivity contribution in [2.24, 2.45) is 5.73 Å². The Balaban J connectivity index is 2.14. The molecule has 29 heavy (non-hydrogen) atoms. The van der Waals surface area contributed by atoms with E-state index in [1.807, 2.05) is 24.3 Å². The molecule has 0 saturated heterocycles. The van der Waals surface area contributed by atoms with Crippen LogP contribution in [0.4, 0.5) is 9.18 Å². The molecule has 1 atom stereocenters. The number of rotatable bonds is 4. The second-order valence-electron chi connectivity index (χ2n) is 6.42. The highest BCUT2D eigenvalue weighted by Gasteiger charge is 2.25. The molecule has 0 aliphatic rings. The van der Waals surface area contributed by atoms with Gasteiger partial charge in [-0.05, 0) is 49.4 Å². The lowest BCUT2D eigenvalue weighted by atomic mass is 9.93. The Bertz CT molecular complexity index is 1180. The van der Waals surface area contributed by atoms with Gasteiger partial charge in [0, 0.05) is 28.9 Å². The number of nitrogens with two attached hydrogens (primary N) is 1. The van der Waals surface area contributed by atoms with E-state index in [-0.39, 0.29) is 0 Å². The lowest BCUT2D eigenvalue weighted by Crippen LogP contribution is -2.17. The van der Waals surface area contributed by atoms with Crippen molar-refractivity contribution in [3.8, 4) is 22.5 Å². The second kappa shape index (κ2) is 7.63. The van der Waals surface area contributed by atoms with Gasteiger partial charge in [0.25, 0.3) is 0 Å². The minimum absolute atomic E-state index is 0.391. The van der Waals surface area contributed by atoms with Gasteiger partial charge in [-0.2, -0.15) is 0 Å². The topological polar surface area (TPSA) is 91.0 Å². The summed E-state index contributed by atoms with van der Waals surface area (Å²) >= 11 is 0. The summed E-state index contributed by atoms with van der Waals surface area (Å²) in [7, 11) is 0. The number of benzene rings is 1. The number of hydrogen-bond acceptors (Lipinski definition) is 5. The third-order valence-corrected chi connectivity index (χ3v) is 4.50. The molecular formula is C22H17FN4O2. The summed E-state index contributed by atoms with van der Waals surface area (Å²) in [4.78, 5) is 25.0. The molecule has 4 rings (SSSR count). The maximum absolute atomic E-state index is 14.1. The Morgan fingerprint density at radius 2 is 1.66 bits per heavy atom. The van der Waals surface area contributed by atoms with Crippen LogP contribution in [0, 0.1) is 5.82 Å². The quantitative estimate of drug-likeness (QED) is 0.549. The summed E-state index contributed by atoms with van der Waals surface area (Å²) in [6, 6.07) is 15.3. The zero-order valence-electron chi connectivity index (χ0n) is 15.5. The van der Waals surface area contributed by atoms with Crippen molar-refractivity contribution >= 4 is 17.0 Å². The highest BCUT2D eigenvalue weighted by atomic mass is 19.1. The number of nitrogens with zero attached hydrogens (tertiary/aromatic N) is 3. The molecule has 6 nitrogen and oxygen atoms in total. The van der Waals surface area contributed by atoms with Crippen LogP contribution in [0.3, 0.4) is 0 Å². The zero-order valence-corrected chi connectivity index (χ0v) is 15.5.